The summed E-state index contributed by atoms with van der Waals surface area (Å²) in [7, 11) is 0. The lowest BCUT2D eigenvalue weighted by molar-refractivity contribution is -0.137. The second-order valence-corrected chi connectivity index (χ2v) is 10.6. The lowest BCUT2D eigenvalue weighted by Gasteiger charge is -2.46. The minimum Gasteiger partial charge on any atom is -0.333 e. The molecule has 0 saturated carbocycles. The number of nitrogens with zero attached hydrogens (tertiary/aromatic N) is 6. The van der Waals surface area contributed by atoms with Crippen molar-refractivity contribution in [3.8, 4) is 11.3 Å². The lowest BCUT2D eigenvalue weighted by atomic mass is 9.98. The zero-order valence-corrected chi connectivity index (χ0v) is 22.0. The fourth-order valence-electron chi connectivity index (χ4n) is 4.89. The van der Waals surface area contributed by atoms with E-state index in [4.69, 9.17) is 0 Å². The Labute approximate surface area is 222 Å². The van der Waals surface area contributed by atoms with Crippen molar-refractivity contribution in [3.63, 3.8) is 0 Å². The highest BCUT2D eigenvalue weighted by atomic mass is 19.4. The van der Waals surface area contributed by atoms with Gasteiger partial charge in [-0.15, -0.1) is 0 Å². The molecule has 0 unspecified atom stereocenters. The largest absolute Gasteiger partial charge is 0.416 e. The smallest absolute Gasteiger partial charge is 0.333 e. The monoisotopic (exact) mass is 539 g/mol. The number of hydrogen-bond acceptors (Lipinski definition) is 5. The number of rotatable bonds is 4. The Morgan fingerprint density at radius 3 is 2.36 bits per heavy atom. The first-order valence-corrected chi connectivity index (χ1v) is 12.5. The predicted octanol–water partition coefficient (Wildman–Crippen LogP) is 4.64. The van der Waals surface area contributed by atoms with Gasteiger partial charge in [0.05, 0.1) is 23.0 Å². The average molecular weight is 540 g/mol. The van der Waals surface area contributed by atoms with E-state index in [1.165, 1.54) is 22.8 Å². The summed E-state index contributed by atoms with van der Waals surface area (Å²) in [5.41, 5.74) is 1.51. The van der Waals surface area contributed by atoms with Crippen molar-refractivity contribution in [1.82, 2.24) is 34.6 Å². The summed E-state index contributed by atoms with van der Waals surface area (Å²) in [6.07, 6.45) is -1.36. The summed E-state index contributed by atoms with van der Waals surface area (Å²) >= 11 is 0. The first-order chi connectivity index (χ1) is 18.3. The van der Waals surface area contributed by atoms with Crippen LogP contribution in [-0.4, -0.2) is 71.6 Å². The van der Waals surface area contributed by atoms with Crippen LogP contribution in [0.4, 0.5) is 13.2 Å². The zero-order valence-electron chi connectivity index (χ0n) is 22.0. The molecule has 204 valence electrons. The van der Waals surface area contributed by atoms with Crippen molar-refractivity contribution in [2.75, 3.05) is 19.6 Å². The van der Waals surface area contributed by atoms with Gasteiger partial charge < -0.3 is 9.80 Å². The van der Waals surface area contributed by atoms with Gasteiger partial charge in [0.25, 0.3) is 11.8 Å². The minimum atomic E-state index is -4.43. The molecule has 1 fully saturated rings. The van der Waals surface area contributed by atoms with Gasteiger partial charge >= 0.3 is 6.18 Å². The van der Waals surface area contributed by atoms with E-state index in [9.17, 15) is 22.8 Å². The standard InChI is InChI=1S/C27H28F3N7O2/c1-16(2)19-13-21(17-5-7-18(8-6-17)27(28,29)30)34-37-14-22(32-23(19)37)25(39)36-12-11-35(15-26(36,3)4)24(38)20-9-10-31-33-20/h5-10,13-14,16H,11-12,15H2,1-4H3,(H,31,33). The number of piperazine rings is 1. The maximum Gasteiger partial charge on any atom is 0.416 e. The zero-order chi connectivity index (χ0) is 28.1. The Morgan fingerprint density at radius 2 is 1.77 bits per heavy atom. The third-order valence-corrected chi connectivity index (χ3v) is 6.97. The van der Waals surface area contributed by atoms with E-state index in [1.54, 1.807) is 28.1 Å². The molecule has 1 aromatic carbocycles. The van der Waals surface area contributed by atoms with Crippen LogP contribution in [0, 0.1) is 0 Å². The molecule has 2 amide bonds. The number of hydrogen-bond donors (Lipinski definition) is 1. The molecule has 1 N–H and O–H groups in total. The summed E-state index contributed by atoms with van der Waals surface area (Å²) in [5, 5.41) is 11.1. The second-order valence-electron chi connectivity index (χ2n) is 10.6. The van der Waals surface area contributed by atoms with Gasteiger partial charge in [-0.05, 0) is 44.0 Å². The van der Waals surface area contributed by atoms with Crippen molar-refractivity contribution in [2.24, 2.45) is 0 Å². The van der Waals surface area contributed by atoms with E-state index >= 15 is 0 Å². The van der Waals surface area contributed by atoms with E-state index in [-0.39, 0.29) is 23.4 Å². The number of imidazole rings is 1. The number of alkyl halides is 3. The van der Waals surface area contributed by atoms with Gasteiger partial charge in [-0.1, -0.05) is 26.0 Å². The van der Waals surface area contributed by atoms with Crippen LogP contribution in [0.2, 0.25) is 0 Å². The van der Waals surface area contributed by atoms with E-state index in [0.29, 0.717) is 42.2 Å². The third-order valence-electron chi connectivity index (χ3n) is 6.97. The molecule has 0 aliphatic carbocycles. The maximum absolute atomic E-state index is 13.7. The number of carbonyl (C=O) groups is 2. The van der Waals surface area contributed by atoms with Gasteiger partial charge in [-0.25, -0.2) is 9.50 Å². The molecule has 1 aliphatic rings. The maximum atomic E-state index is 13.7. The number of fused-ring (bicyclic) bond motifs is 1. The topological polar surface area (TPSA) is 99.5 Å². The molecule has 0 atom stereocenters. The summed E-state index contributed by atoms with van der Waals surface area (Å²) in [5.74, 6) is -0.450. The van der Waals surface area contributed by atoms with Crippen molar-refractivity contribution in [1.29, 1.82) is 0 Å². The summed E-state index contributed by atoms with van der Waals surface area (Å²) in [6.45, 7) is 8.75. The van der Waals surface area contributed by atoms with Crippen LogP contribution in [0.5, 0.6) is 0 Å². The van der Waals surface area contributed by atoms with Gasteiger partial charge in [0.1, 0.15) is 11.4 Å². The average Bonchev–Trinajstić information content (AvgIpc) is 3.56. The van der Waals surface area contributed by atoms with Gasteiger partial charge in [-0.2, -0.15) is 23.4 Å². The number of amides is 2. The normalized spacial score (nSPS) is 15.8. The van der Waals surface area contributed by atoms with E-state index < -0.39 is 17.3 Å². The molecule has 5 rings (SSSR count). The van der Waals surface area contributed by atoms with Gasteiger partial charge in [0.2, 0.25) is 0 Å². The molecule has 4 aromatic rings. The van der Waals surface area contributed by atoms with Crippen LogP contribution in [0.25, 0.3) is 16.9 Å². The quantitative estimate of drug-likeness (QED) is 0.408. The second kappa shape index (κ2) is 9.51. The molecule has 1 saturated heterocycles. The van der Waals surface area contributed by atoms with E-state index in [1.807, 2.05) is 27.7 Å². The van der Waals surface area contributed by atoms with Crippen LogP contribution >= 0.6 is 0 Å². The molecule has 3 aromatic heterocycles. The molecule has 9 nitrogen and oxygen atoms in total. The van der Waals surface area contributed by atoms with Crippen molar-refractivity contribution in [3.05, 3.63) is 71.3 Å². The molecule has 0 bridgehead atoms. The highest BCUT2D eigenvalue weighted by molar-refractivity contribution is 5.95. The fourth-order valence-corrected chi connectivity index (χ4v) is 4.89. The van der Waals surface area contributed by atoms with E-state index in [2.05, 4.69) is 20.3 Å². The van der Waals surface area contributed by atoms with Gasteiger partial charge in [0, 0.05) is 37.0 Å². The summed E-state index contributed by atoms with van der Waals surface area (Å²) < 4.78 is 40.6. The number of halogens is 3. The Bertz CT molecular complexity index is 1520. The van der Waals surface area contributed by atoms with Crippen molar-refractivity contribution >= 4 is 17.5 Å². The first-order valence-electron chi connectivity index (χ1n) is 12.5. The fraction of sp³-hybridized carbons (Fsp3) is 0.370. The highest BCUT2D eigenvalue weighted by Gasteiger charge is 2.40. The minimum absolute atomic E-state index is 0.0162. The molecule has 12 heteroatoms. The molecule has 1 aliphatic heterocycles. The molecular weight excluding hydrogens is 511 g/mol. The third kappa shape index (κ3) is 4.98. The number of aromatic nitrogens is 5. The Morgan fingerprint density at radius 1 is 1.05 bits per heavy atom. The number of nitrogens with one attached hydrogen (secondary N) is 1. The summed E-state index contributed by atoms with van der Waals surface area (Å²) in [4.78, 5) is 34.5. The van der Waals surface area contributed by atoms with Crippen LogP contribution < -0.4 is 0 Å². The molecule has 0 spiro atoms. The van der Waals surface area contributed by atoms with Crippen LogP contribution in [0.3, 0.4) is 0 Å². The number of aromatic amines is 1. The lowest BCUT2D eigenvalue weighted by Crippen LogP contribution is -2.62. The van der Waals surface area contributed by atoms with Crippen LogP contribution in [0.15, 0.2) is 48.8 Å². The predicted molar refractivity (Wildman–Crippen MR) is 137 cm³/mol. The van der Waals surface area contributed by atoms with E-state index in [0.717, 1.165) is 17.7 Å². The van der Waals surface area contributed by atoms with Crippen molar-refractivity contribution in [2.45, 2.75) is 45.3 Å². The first kappa shape index (κ1) is 26.4. The van der Waals surface area contributed by atoms with Gasteiger partial charge in [0.15, 0.2) is 5.65 Å². The summed E-state index contributed by atoms with van der Waals surface area (Å²) in [6, 6.07) is 8.23. The molecular formula is C27H28F3N7O2. The SMILES string of the molecule is CC(C)c1cc(-c2ccc(C(F)(F)F)cc2)nn2cc(C(=O)N3CCN(C(=O)c4ccn[nH]4)CC3(C)C)nc12. The highest BCUT2D eigenvalue weighted by Crippen LogP contribution is 2.32. The van der Waals surface area contributed by atoms with Gasteiger partial charge in [-0.3, -0.25) is 14.7 Å². The number of H-pyrrole nitrogens is 1. The Kier molecular flexibility index (Phi) is 6.44. The van der Waals surface area contributed by atoms with Crippen molar-refractivity contribution < 1.29 is 22.8 Å². The van der Waals surface area contributed by atoms with Crippen LogP contribution in [0.1, 0.15) is 65.7 Å². The van der Waals surface area contributed by atoms with Crippen LogP contribution in [-0.2, 0) is 6.18 Å². The Hall–Kier alpha value is -4.22. The Balaban J connectivity index is 1.44. The molecule has 39 heavy (non-hydrogen) atoms. The number of carbonyl (C=O) groups excluding carboxylic acids is 2. The molecule has 0 radical (unpaired) electrons. The number of benzene rings is 1. The molecule has 4 heterocycles.